The van der Waals surface area contributed by atoms with Gasteiger partial charge in [-0.15, -0.1) is 0 Å². The van der Waals surface area contributed by atoms with E-state index < -0.39 is 22.5 Å². The van der Waals surface area contributed by atoms with Crippen molar-refractivity contribution in [2.24, 2.45) is 0 Å². The lowest BCUT2D eigenvalue weighted by molar-refractivity contribution is -0.130. The molecule has 1 amide bonds. The Morgan fingerprint density at radius 3 is 2.69 bits per heavy atom. The van der Waals surface area contributed by atoms with Gasteiger partial charge in [-0.3, -0.25) is 4.79 Å². The van der Waals surface area contributed by atoms with Crippen molar-refractivity contribution in [2.75, 3.05) is 5.32 Å². The molecular formula is C29H31ClN2O4. The monoisotopic (exact) mass is 506 g/mol. The smallest absolute Gasteiger partial charge is 0.366 e. The molecule has 0 bridgehead atoms. The molecule has 1 unspecified atom stereocenters. The molecule has 0 spiro atoms. The Morgan fingerprint density at radius 2 is 1.97 bits per heavy atom. The predicted molar refractivity (Wildman–Crippen MR) is 142 cm³/mol. The summed E-state index contributed by atoms with van der Waals surface area (Å²) in [5, 5.41) is 20.0. The molecule has 36 heavy (non-hydrogen) atoms. The second kappa shape index (κ2) is 10.9. The number of nitrogens with one attached hydrogen (secondary N) is 1. The van der Waals surface area contributed by atoms with E-state index >= 15 is 0 Å². The molecule has 188 valence electrons. The van der Waals surface area contributed by atoms with Gasteiger partial charge in [0.15, 0.2) is 0 Å². The number of carbonyl (C=O) groups excluding carboxylic acids is 1. The van der Waals surface area contributed by atoms with E-state index in [9.17, 15) is 14.7 Å². The number of benzene rings is 2. The molecule has 1 aromatic heterocycles. The number of amides is 1. The number of unbranched alkanes of at least 4 members (excludes halogenated alkanes) is 2. The lowest BCUT2D eigenvalue weighted by atomic mass is 9.70. The highest BCUT2D eigenvalue weighted by molar-refractivity contribution is 6.31. The van der Waals surface area contributed by atoms with E-state index in [0.717, 1.165) is 44.1 Å². The zero-order chi connectivity index (χ0) is 25.8. The Morgan fingerprint density at radius 1 is 1.22 bits per heavy atom. The van der Waals surface area contributed by atoms with Crippen LogP contribution in [0.1, 0.15) is 69.5 Å². The van der Waals surface area contributed by atoms with Crippen LogP contribution in [0.5, 0.6) is 0 Å². The van der Waals surface area contributed by atoms with E-state index in [1.54, 1.807) is 25.1 Å². The highest BCUT2D eigenvalue weighted by Crippen LogP contribution is 2.48. The van der Waals surface area contributed by atoms with Gasteiger partial charge in [-0.2, -0.15) is 0 Å². The quantitative estimate of drug-likeness (QED) is 0.307. The molecule has 2 aromatic carbocycles. The van der Waals surface area contributed by atoms with E-state index in [1.165, 1.54) is 0 Å². The molecule has 3 aromatic rings. The number of aryl methyl sites for hydroxylation is 1. The molecule has 0 aliphatic heterocycles. The highest BCUT2D eigenvalue weighted by Gasteiger charge is 2.47. The van der Waals surface area contributed by atoms with Crippen LogP contribution in [0.15, 0.2) is 51.8 Å². The third-order valence-electron chi connectivity index (χ3n) is 7.08. The standard InChI is InChI=1S/C29H31ClN2O4/c1-3-4-5-8-17-29(35,19-28(15-9-10-16-28)24-11-6-7-12-25(24)30)27(34)31-21-13-14-22-23(18-21)20(2)32-36-26(22)33/h6-7,11-14,18,35H,3-5,9-10,15-16,19H2,1-2H3,(H,31,34). The van der Waals surface area contributed by atoms with Gasteiger partial charge in [-0.25, -0.2) is 4.79 Å². The summed E-state index contributed by atoms with van der Waals surface area (Å²) in [6.45, 7) is 3.79. The molecule has 4 rings (SSSR count). The van der Waals surface area contributed by atoms with Gasteiger partial charge in [0.25, 0.3) is 5.91 Å². The van der Waals surface area contributed by atoms with Crippen LogP contribution in [0.2, 0.25) is 5.02 Å². The largest absolute Gasteiger partial charge is 0.369 e. The van der Waals surface area contributed by atoms with Crippen LogP contribution >= 0.6 is 11.6 Å². The maximum Gasteiger partial charge on any atom is 0.366 e. The number of anilines is 1. The summed E-state index contributed by atoms with van der Waals surface area (Å²) < 4.78 is 4.79. The summed E-state index contributed by atoms with van der Waals surface area (Å²) in [4.78, 5) is 25.6. The first-order valence-electron chi connectivity index (χ1n) is 12.5. The molecule has 0 saturated heterocycles. The molecule has 0 radical (unpaired) electrons. The Labute approximate surface area is 216 Å². The van der Waals surface area contributed by atoms with Crippen LogP contribution in [0.25, 0.3) is 10.8 Å². The van der Waals surface area contributed by atoms with Gasteiger partial charge in [-0.05, 0) is 56.0 Å². The summed E-state index contributed by atoms with van der Waals surface area (Å²) in [7, 11) is 0. The van der Waals surface area contributed by atoms with E-state index in [1.807, 2.05) is 24.3 Å². The van der Waals surface area contributed by atoms with E-state index in [4.69, 9.17) is 16.1 Å². The number of hydrogen-bond donors (Lipinski definition) is 2. The van der Waals surface area contributed by atoms with Gasteiger partial charge in [0.05, 0.1) is 11.1 Å². The molecule has 1 fully saturated rings. The lowest BCUT2D eigenvalue weighted by Gasteiger charge is -2.36. The normalized spacial score (nSPS) is 16.2. The van der Waals surface area contributed by atoms with Crippen molar-refractivity contribution >= 4 is 34.0 Å². The summed E-state index contributed by atoms with van der Waals surface area (Å²) in [5.74, 6) is 5.36. The van der Waals surface area contributed by atoms with Crippen molar-refractivity contribution < 1.29 is 14.4 Å². The van der Waals surface area contributed by atoms with E-state index in [-0.39, 0.29) is 6.42 Å². The first-order valence-corrected chi connectivity index (χ1v) is 12.8. The van der Waals surface area contributed by atoms with Crippen molar-refractivity contribution in [3.05, 3.63) is 69.2 Å². The minimum Gasteiger partial charge on any atom is -0.369 e. The number of nitrogens with zero attached hydrogens (tertiary/aromatic N) is 1. The first kappa shape index (κ1) is 25.9. The van der Waals surface area contributed by atoms with E-state index in [2.05, 4.69) is 29.2 Å². The van der Waals surface area contributed by atoms with Gasteiger partial charge in [-0.1, -0.05) is 73.0 Å². The molecule has 1 atom stereocenters. The van der Waals surface area contributed by atoms with Crippen LogP contribution < -0.4 is 10.9 Å². The fourth-order valence-corrected chi connectivity index (χ4v) is 5.51. The molecule has 1 saturated carbocycles. The van der Waals surface area contributed by atoms with Gasteiger partial charge in [0, 0.05) is 34.4 Å². The highest BCUT2D eigenvalue weighted by atomic mass is 35.5. The van der Waals surface area contributed by atoms with Crippen LogP contribution in [-0.4, -0.2) is 21.8 Å². The zero-order valence-electron chi connectivity index (χ0n) is 20.7. The van der Waals surface area contributed by atoms with Crippen molar-refractivity contribution in [3.63, 3.8) is 0 Å². The van der Waals surface area contributed by atoms with Crippen molar-refractivity contribution in [1.82, 2.24) is 5.16 Å². The van der Waals surface area contributed by atoms with Crippen LogP contribution in [-0.2, 0) is 10.2 Å². The molecule has 1 aliphatic rings. The fraction of sp³-hybridized carbons (Fsp3) is 0.414. The van der Waals surface area contributed by atoms with Gasteiger partial charge < -0.3 is 14.9 Å². The minimum absolute atomic E-state index is 0.145. The topological polar surface area (TPSA) is 92.4 Å². The number of carbonyl (C=O) groups is 1. The summed E-state index contributed by atoms with van der Waals surface area (Å²) in [5.41, 5.74) is -1.00. The number of halogens is 1. The van der Waals surface area contributed by atoms with Gasteiger partial charge in [0.1, 0.15) is 0 Å². The van der Waals surface area contributed by atoms with Gasteiger partial charge in [0.2, 0.25) is 5.60 Å². The van der Waals surface area contributed by atoms with Crippen molar-refractivity contribution in [1.29, 1.82) is 0 Å². The summed E-state index contributed by atoms with van der Waals surface area (Å²) in [6, 6.07) is 12.5. The fourth-order valence-electron chi connectivity index (χ4n) is 5.17. The SMILES string of the molecule is CCCCC#CC(O)(CC1(c2ccccc2Cl)CCCC1)C(=O)Nc1ccc2c(=O)onc(C)c2c1. The Balaban J connectivity index is 1.70. The minimum atomic E-state index is -1.92. The van der Waals surface area contributed by atoms with Gasteiger partial charge >= 0.3 is 5.63 Å². The average molecular weight is 507 g/mol. The molecular weight excluding hydrogens is 476 g/mol. The first-order chi connectivity index (χ1) is 17.3. The summed E-state index contributed by atoms with van der Waals surface area (Å²) in [6.07, 6.45) is 6.23. The Hall–Kier alpha value is -3.14. The summed E-state index contributed by atoms with van der Waals surface area (Å²) >= 11 is 6.60. The molecule has 6 nitrogen and oxygen atoms in total. The Bertz CT molecular complexity index is 1380. The maximum absolute atomic E-state index is 13.6. The number of rotatable bonds is 7. The molecule has 1 aliphatic carbocycles. The second-order valence-corrected chi connectivity index (χ2v) is 10.1. The van der Waals surface area contributed by atoms with Crippen LogP contribution in [0.4, 0.5) is 5.69 Å². The van der Waals surface area contributed by atoms with Crippen molar-refractivity contribution in [2.45, 2.75) is 76.2 Å². The third kappa shape index (κ3) is 5.33. The van der Waals surface area contributed by atoms with Crippen LogP contribution in [0.3, 0.4) is 0 Å². The van der Waals surface area contributed by atoms with Crippen molar-refractivity contribution in [3.8, 4) is 11.8 Å². The maximum atomic E-state index is 13.6. The predicted octanol–water partition coefficient (Wildman–Crippen LogP) is 5.92. The van der Waals surface area contributed by atoms with E-state index in [0.29, 0.717) is 33.6 Å². The average Bonchev–Trinajstić information content (AvgIpc) is 3.33. The number of hydrogen-bond acceptors (Lipinski definition) is 5. The number of aromatic nitrogens is 1. The zero-order valence-corrected chi connectivity index (χ0v) is 21.5. The molecule has 2 N–H and O–H groups in total. The Kier molecular flexibility index (Phi) is 7.82. The third-order valence-corrected chi connectivity index (χ3v) is 7.41. The molecule has 7 heteroatoms. The second-order valence-electron chi connectivity index (χ2n) is 9.68. The number of fused-ring (bicyclic) bond motifs is 1. The molecule has 1 heterocycles. The lowest BCUT2D eigenvalue weighted by Crippen LogP contribution is -2.47. The van der Waals surface area contributed by atoms with Crippen LogP contribution in [0, 0.1) is 18.8 Å². The number of aliphatic hydroxyl groups is 1.